The quantitative estimate of drug-likeness (QED) is 0.339. The van der Waals surface area contributed by atoms with Crippen LogP contribution in [0.2, 0.25) is 0 Å². The van der Waals surface area contributed by atoms with Crippen LogP contribution < -0.4 is 0 Å². The molecule has 0 spiro atoms. The van der Waals surface area contributed by atoms with Gasteiger partial charge in [0, 0.05) is 0 Å². The molecule has 0 amide bonds. The van der Waals surface area contributed by atoms with Gasteiger partial charge >= 0.3 is 0 Å². The van der Waals surface area contributed by atoms with Gasteiger partial charge in [0.05, 0.1) is 0 Å². The lowest BCUT2D eigenvalue weighted by atomic mass is 10.9. The van der Waals surface area contributed by atoms with Crippen molar-refractivity contribution in [1.82, 2.24) is 0 Å². The Hall–Kier alpha value is 0.890. The zero-order chi connectivity index (χ0) is 5.21. The van der Waals surface area contributed by atoms with E-state index in [0.717, 1.165) is 0 Å². The van der Waals surface area contributed by atoms with Crippen LogP contribution in [0.5, 0.6) is 0 Å². The molecule has 0 saturated carbocycles. The first-order chi connectivity index (χ1) is 2.56. The van der Waals surface area contributed by atoms with Gasteiger partial charge < -0.3 is 0 Å². The summed E-state index contributed by atoms with van der Waals surface area (Å²) in [5, 5.41) is 0. The normalized spacial score (nSPS) is 12.0. The number of alkyl halides is 2. The van der Waals surface area contributed by atoms with Crippen molar-refractivity contribution in [2.45, 2.75) is 11.4 Å². The number of thiol groups is 1. The molecule has 0 rings (SSSR count). The molecule has 4 heteroatoms. The highest BCUT2D eigenvalue weighted by Gasteiger charge is 2.13. The first-order valence-electron chi connectivity index (χ1n) is 1.26. The SMILES string of the molecule is CC(Cl)(Cl)OS. The van der Waals surface area contributed by atoms with Crippen LogP contribution in [0.3, 0.4) is 0 Å². The fourth-order valence-electron chi connectivity index (χ4n) is 0. The zero-order valence-corrected chi connectivity index (χ0v) is 5.52. The molecule has 0 unspecified atom stereocenters. The molecule has 0 aliphatic carbocycles. The topological polar surface area (TPSA) is 9.23 Å². The predicted molar refractivity (Wildman–Crippen MR) is 30.2 cm³/mol. The van der Waals surface area contributed by atoms with Crippen molar-refractivity contribution < 1.29 is 4.18 Å². The van der Waals surface area contributed by atoms with E-state index in [1.54, 1.807) is 0 Å². The lowest BCUT2D eigenvalue weighted by Crippen LogP contribution is -2.03. The molecule has 0 N–H and O–H groups in total. The minimum absolute atomic E-state index is 1.15. The molecular formula is C2H4Cl2OS. The average molecular weight is 147 g/mol. The lowest BCUT2D eigenvalue weighted by Gasteiger charge is -2.05. The van der Waals surface area contributed by atoms with E-state index in [9.17, 15) is 0 Å². The van der Waals surface area contributed by atoms with Crippen LogP contribution in [0.4, 0.5) is 0 Å². The number of rotatable bonds is 1. The standard InChI is InChI=1S/C2H4Cl2OS/c1-2(3,4)5-6/h6H,1H3. The van der Waals surface area contributed by atoms with Gasteiger partial charge in [-0.3, -0.25) is 4.18 Å². The number of hydrogen-bond acceptors (Lipinski definition) is 2. The summed E-state index contributed by atoms with van der Waals surface area (Å²) < 4.78 is 3.01. The summed E-state index contributed by atoms with van der Waals surface area (Å²) in [6.07, 6.45) is 0. The van der Waals surface area contributed by atoms with E-state index in [1.807, 2.05) is 0 Å². The highest BCUT2D eigenvalue weighted by Crippen LogP contribution is 2.21. The minimum atomic E-state index is -1.15. The Bertz CT molecular complexity index is 41.3. The van der Waals surface area contributed by atoms with Crippen LogP contribution in [0.15, 0.2) is 0 Å². The Morgan fingerprint density at radius 3 is 1.83 bits per heavy atom. The van der Waals surface area contributed by atoms with Crippen molar-refractivity contribution >= 4 is 36.1 Å². The summed E-state index contributed by atoms with van der Waals surface area (Å²) in [6, 6.07) is 0. The summed E-state index contributed by atoms with van der Waals surface area (Å²) in [5.74, 6) is 0. The van der Waals surface area contributed by atoms with E-state index in [1.165, 1.54) is 6.92 Å². The Balaban J connectivity index is 3.17. The van der Waals surface area contributed by atoms with Crippen LogP contribution in [-0.4, -0.2) is 4.52 Å². The third kappa shape index (κ3) is 4.89. The molecule has 0 aliphatic heterocycles. The first-order valence-corrected chi connectivity index (χ1v) is 2.39. The van der Waals surface area contributed by atoms with Gasteiger partial charge in [0.2, 0.25) is 4.52 Å². The third-order valence-electron chi connectivity index (χ3n) is 0.160. The fraction of sp³-hybridized carbons (Fsp3) is 1.00. The van der Waals surface area contributed by atoms with Gasteiger partial charge in [-0.15, -0.1) is 0 Å². The van der Waals surface area contributed by atoms with Crippen molar-refractivity contribution in [2.24, 2.45) is 0 Å². The van der Waals surface area contributed by atoms with Gasteiger partial charge in [-0.2, -0.15) is 0 Å². The lowest BCUT2D eigenvalue weighted by molar-refractivity contribution is 0.320. The van der Waals surface area contributed by atoms with Crippen molar-refractivity contribution in [3.05, 3.63) is 0 Å². The van der Waals surface area contributed by atoms with Crippen molar-refractivity contribution in [3.8, 4) is 0 Å². The Kier molecular flexibility index (Phi) is 2.60. The molecule has 0 saturated heterocycles. The van der Waals surface area contributed by atoms with Gasteiger partial charge in [-0.1, -0.05) is 23.2 Å². The largest absolute Gasteiger partial charge is 0.281 e. The molecule has 0 heterocycles. The van der Waals surface area contributed by atoms with Gasteiger partial charge in [0.15, 0.2) is 0 Å². The van der Waals surface area contributed by atoms with Crippen LogP contribution in [0, 0.1) is 0 Å². The van der Waals surface area contributed by atoms with E-state index < -0.39 is 4.52 Å². The van der Waals surface area contributed by atoms with E-state index in [2.05, 4.69) is 17.1 Å². The third-order valence-corrected chi connectivity index (χ3v) is 0.895. The molecular weight excluding hydrogens is 143 g/mol. The summed E-state index contributed by atoms with van der Waals surface area (Å²) in [4.78, 5) is 0. The molecule has 0 aromatic heterocycles. The maximum Gasteiger partial charge on any atom is 0.226 e. The van der Waals surface area contributed by atoms with Crippen LogP contribution in [0.25, 0.3) is 0 Å². The summed E-state index contributed by atoms with van der Waals surface area (Å²) in [7, 11) is 0. The summed E-state index contributed by atoms with van der Waals surface area (Å²) in [6.45, 7) is 1.48. The van der Waals surface area contributed by atoms with E-state index in [-0.39, 0.29) is 0 Å². The molecule has 0 fully saturated rings. The maximum absolute atomic E-state index is 5.18. The molecule has 38 valence electrons. The van der Waals surface area contributed by atoms with E-state index >= 15 is 0 Å². The van der Waals surface area contributed by atoms with Gasteiger partial charge in [-0.05, 0) is 19.8 Å². The van der Waals surface area contributed by atoms with E-state index in [0.29, 0.717) is 0 Å². The molecule has 0 aliphatic rings. The first kappa shape index (κ1) is 6.89. The van der Waals surface area contributed by atoms with E-state index in [4.69, 9.17) is 23.2 Å². The Morgan fingerprint density at radius 2 is 1.83 bits per heavy atom. The molecule has 1 nitrogen and oxygen atoms in total. The monoisotopic (exact) mass is 146 g/mol. The van der Waals surface area contributed by atoms with Crippen LogP contribution in [0.1, 0.15) is 6.92 Å². The van der Waals surface area contributed by atoms with Crippen LogP contribution >= 0.6 is 36.1 Å². The smallest absolute Gasteiger partial charge is 0.226 e. The summed E-state index contributed by atoms with van der Waals surface area (Å²) in [5.41, 5.74) is 0. The predicted octanol–water partition coefficient (Wildman–Crippen LogP) is 2.00. The second kappa shape index (κ2) is 2.26. The summed E-state index contributed by atoms with van der Waals surface area (Å²) >= 11 is 13.7. The Morgan fingerprint density at radius 1 is 1.67 bits per heavy atom. The van der Waals surface area contributed by atoms with Gasteiger partial charge in [0.25, 0.3) is 0 Å². The molecule has 0 aromatic rings. The van der Waals surface area contributed by atoms with Crippen molar-refractivity contribution in [2.75, 3.05) is 0 Å². The zero-order valence-electron chi connectivity index (χ0n) is 3.11. The fourth-order valence-corrected chi connectivity index (χ4v) is 0. The highest BCUT2D eigenvalue weighted by atomic mass is 35.5. The molecule has 6 heavy (non-hydrogen) atoms. The van der Waals surface area contributed by atoms with Gasteiger partial charge in [0.1, 0.15) is 0 Å². The second-order valence-corrected chi connectivity index (χ2v) is 2.72. The highest BCUT2D eigenvalue weighted by molar-refractivity contribution is 7.75. The minimum Gasteiger partial charge on any atom is -0.281 e. The second-order valence-electron chi connectivity index (χ2n) is 0.899. The van der Waals surface area contributed by atoms with Gasteiger partial charge in [-0.25, -0.2) is 0 Å². The van der Waals surface area contributed by atoms with Crippen molar-refractivity contribution in [1.29, 1.82) is 0 Å². The number of hydrogen-bond donors (Lipinski definition) is 1. The number of halogens is 2. The van der Waals surface area contributed by atoms with Crippen LogP contribution in [-0.2, 0) is 4.18 Å². The Labute approximate surface area is 52.2 Å². The maximum atomic E-state index is 5.18. The molecule has 0 aromatic carbocycles. The molecule has 0 radical (unpaired) electrons. The molecule has 0 bridgehead atoms. The van der Waals surface area contributed by atoms with Crippen molar-refractivity contribution in [3.63, 3.8) is 0 Å². The average Bonchev–Trinajstić information content (AvgIpc) is 1.35. The molecule has 0 atom stereocenters.